The first-order valence-electron chi connectivity index (χ1n) is 5.00. The van der Waals surface area contributed by atoms with E-state index < -0.39 is 5.97 Å². The first kappa shape index (κ1) is 9.97. The Morgan fingerprint density at radius 3 is 2.13 bits per heavy atom. The Kier molecular flexibility index (Phi) is 1.97. The van der Waals surface area contributed by atoms with Gasteiger partial charge < -0.3 is 5.11 Å². The maximum absolute atomic E-state index is 11.0. The van der Waals surface area contributed by atoms with Gasteiger partial charge in [-0.05, 0) is 18.1 Å². The van der Waals surface area contributed by atoms with Gasteiger partial charge in [0.2, 0.25) is 0 Å². The van der Waals surface area contributed by atoms with Crippen molar-refractivity contribution in [2.24, 2.45) is 5.41 Å². The number of hydrogen-bond acceptors (Lipinski definition) is 1. The molecule has 2 nitrogen and oxygen atoms in total. The highest BCUT2D eigenvalue weighted by molar-refractivity contribution is 6.11. The fourth-order valence-electron chi connectivity index (χ4n) is 2.07. The molecule has 15 heavy (non-hydrogen) atoms. The normalized spacial score (nSPS) is 17.8. The minimum absolute atomic E-state index is 0.263. The Morgan fingerprint density at radius 1 is 1.20 bits per heavy atom. The molecule has 0 heterocycles. The minimum Gasteiger partial charge on any atom is -0.478 e. The number of benzene rings is 1. The van der Waals surface area contributed by atoms with Gasteiger partial charge >= 0.3 is 5.97 Å². The molecule has 0 atom stereocenters. The summed E-state index contributed by atoms with van der Waals surface area (Å²) in [7, 11) is 0. The Balaban J connectivity index is 2.41. The summed E-state index contributed by atoms with van der Waals surface area (Å²) in [5, 5.41) is 9.02. The summed E-state index contributed by atoms with van der Waals surface area (Å²) < 4.78 is 0. The third-order valence-electron chi connectivity index (χ3n) is 2.99. The van der Waals surface area contributed by atoms with Crippen LogP contribution in [-0.2, 0) is 4.79 Å². The second kappa shape index (κ2) is 2.96. The van der Waals surface area contributed by atoms with E-state index in [4.69, 9.17) is 5.11 Å². The summed E-state index contributed by atoms with van der Waals surface area (Å²) in [6.07, 6.45) is 0. The van der Waals surface area contributed by atoms with E-state index in [2.05, 4.69) is 0 Å². The van der Waals surface area contributed by atoms with E-state index in [0.717, 1.165) is 11.1 Å². The molecule has 1 aliphatic rings. The van der Waals surface area contributed by atoms with Gasteiger partial charge in [-0.1, -0.05) is 43.7 Å². The van der Waals surface area contributed by atoms with E-state index in [0.29, 0.717) is 5.57 Å². The van der Waals surface area contributed by atoms with E-state index in [1.54, 1.807) is 0 Å². The lowest BCUT2D eigenvalue weighted by Gasteiger charge is -2.04. The average molecular weight is 202 g/mol. The third kappa shape index (κ3) is 1.46. The maximum atomic E-state index is 11.0. The minimum atomic E-state index is -0.796. The van der Waals surface area contributed by atoms with Gasteiger partial charge in [0, 0.05) is 5.41 Å². The first-order valence-corrected chi connectivity index (χ1v) is 5.00. The predicted octanol–water partition coefficient (Wildman–Crippen LogP) is 2.87. The van der Waals surface area contributed by atoms with Crippen LogP contribution in [-0.4, -0.2) is 11.1 Å². The van der Waals surface area contributed by atoms with E-state index in [1.807, 2.05) is 45.0 Å². The Labute approximate surface area is 89.2 Å². The molecule has 1 aliphatic carbocycles. The lowest BCUT2D eigenvalue weighted by molar-refractivity contribution is -0.132. The molecule has 1 aromatic carbocycles. The van der Waals surface area contributed by atoms with Crippen molar-refractivity contribution >= 4 is 11.5 Å². The van der Waals surface area contributed by atoms with Gasteiger partial charge in [0.25, 0.3) is 0 Å². The van der Waals surface area contributed by atoms with Crippen molar-refractivity contribution in [2.75, 3.05) is 0 Å². The summed E-state index contributed by atoms with van der Waals surface area (Å²) in [6, 6.07) is 8.00. The van der Waals surface area contributed by atoms with Gasteiger partial charge in [0.15, 0.2) is 0 Å². The maximum Gasteiger partial charge on any atom is 0.332 e. The smallest absolute Gasteiger partial charge is 0.332 e. The van der Waals surface area contributed by atoms with Crippen LogP contribution in [0.4, 0.5) is 0 Å². The number of rotatable bonds is 2. The van der Waals surface area contributed by atoms with Crippen LogP contribution in [0, 0.1) is 12.3 Å². The number of carbonyl (C=O) groups is 1. The standard InChI is InChI=1S/C13H14O2/c1-8-4-6-9(7-5-8)10-11(12(14)15)13(10,2)3/h4-7H,1-3H3,(H,14,15). The van der Waals surface area contributed by atoms with Crippen LogP contribution in [0.25, 0.3) is 5.57 Å². The fraction of sp³-hybridized carbons (Fsp3) is 0.308. The van der Waals surface area contributed by atoms with Crippen molar-refractivity contribution in [3.05, 3.63) is 41.0 Å². The fourth-order valence-corrected chi connectivity index (χ4v) is 2.07. The van der Waals surface area contributed by atoms with E-state index in [1.165, 1.54) is 5.56 Å². The molecule has 0 saturated heterocycles. The summed E-state index contributed by atoms with van der Waals surface area (Å²) in [5.41, 5.74) is 3.47. The highest BCUT2D eigenvalue weighted by atomic mass is 16.4. The van der Waals surface area contributed by atoms with Gasteiger partial charge in [0.05, 0.1) is 5.57 Å². The molecule has 2 rings (SSSR count). The van der Waals surface area contributed by atoms with Crippen molar-refractivity contribution in [2.45, 2.75) is 20.8 Å². The lowest BCUT2D eigenvalue weighted by Crippen LogP contribution is -2.00. The summed E-state index contributed by atoms with van der Waals surface area (Å²) in [6.45, 7) is 5.92. The zero-order chi connectivity index (χ0) is 11.2. The van der Waals surface area contributed by atoms with Crippen molar-refractivity contribution in [1.82, 2.24) is 0 Å². The second-order valence-corrected chi connectivity index (χ2v) is 4.55. The van der Waals surface area contributed by atoms with Gasteiger partial charge in [-0.25, -0.2) is 4.79 Å². The largest absolute Gasteiger partial charge is 0.478 e. The highest BCUT2D eigenvalue weighted by Crippen LogP contribution is 2.57. The topological polar surface area (TPSA) is 37.3 Å². The van der Waals surface area contributed by atoms with Crippen molar-refractivity contribution in [1.29, 1.82) is 0 Å². The summed E-state index contributed by atoms with van der Waals surface area (Å²) in [4.78, 5) is 11.0. The van der Waals surface area contributed by atoms with E-state index in [-0.39, 0.29) is 5.41 Å². The molecule has 0 radical (unpaired) electrons. The zero-order valence-corrected chi connectivity index (χ0v) is 9.16. The number of aryl methyl sites for hydroxylation is 1. The molecule has 0 aromatic heterocycles. The molecule has 0 bridgehead atoms. The molecular weight excluding hydrogens is 188 g/mol. The van der Waals surface area contributed by atoms with Crippen molar-refractivity contribution < 1.29 is 9.90 Å². The van der Waals surface area contributed by atoms with Crippen molar-refractivity contribution in [3.63, 3.8) is 0 Å². The van der Waals surface area contributed by atoms with Crippen LogP contribution in [0.3, 0.4) is 0 Å². The third-order valence-corrected chi connectivity index (χ3v) is 2.99. The number of allylic oxidation sites excluding steroid dienone is 1. The van der Waals surface area contributed by atoms with Crippen LogP contribution in [0.1, 0.15) is 25.0 Å². The molecule has 0 amide bonds. The molecule has 0 saturated carbocycles. The molecule has 78 valence electrons. The van der Waals surface area contributed by atoms with Crippen LogP contribution >= 0.6 is 0 Å². The quantitative estimate of drug-likeness (QED) is 0.800. The number of carboxylic acid groups (broad SMARTS) is 1. The van der Waals surface area contributed by atoms with Gasteiger partial charge in [-0.3, -0.25) is 0 Å². The molecule has 0 unspecified atom stereocenters. The SMILES string of the molecule is Cc1ccc(C2=C(C(=O)O)C2(C)C)cc1. The summed E-state index contributed by atoms with van der Waals surface area (Å²) in [5.74, 6) is -0.796. The Bertz CT molecular complexity index is 450. The molecule has 0 aliphatic heterocycles. The van der Waals surface area contributed by atoms with Crippen LogP contribution in [0.2, 0.25) is 0 Å². The molecule has 0 spiro atoms. The van der Waals surface area contributed by atoms with Gasteiger partial charge in [0.1, 0.15) is 0 Å². The first-order chi connectivity index (χ1) is 6.94. The number of hydrogen-bond donors (Lipinski definition) is 1. The monoisotopic (exact) mass is 202 g/mol. The molecule has 1 N–H and O–H groups in total. The highest BCUT2D eigenvalue weighted by Gasteiger charge is 2.49. The second-order valence-electron chi connectivity index (χ2n) is 4.55. The van der Waals surface area contributed by atoms with Crippen molar-refractivity contribution in [3.8, 4) is 0 Å². The zero-order valence-electron chi connectivity index (χ0n) is 9.16. The number of aliphatic carboxylic acids is 1. The van der Waals surface area contributed by atoms with Crippen LogP contribution < -0.4 is 0 Å². The molecule has 2 heteroatoms. The van der Waals surface area contributed by atoms with Gasteiger partial charge in [-0.2, -0.15) is 0 Å². The predicted molar refractivity (Wildman–Crippen MR) is 59.5 cm³/mol. The summed E-state index contributed by atoms with van der Waals surface area (Å²) >= 11 is 0. The van der Waals surface area contributed by atoms with E-state index in [9.17, 15) is 4.79 Å². The van der Waals surface area contributed by atoms with Crippen LogP contribution in [0.15, 0.2) is 29.8 Å². The molecular formula is C13H14O2. The number of carboxylic acids is 1. The Hall–Kier alpha value is -1.57. The molecule has 1 aromatic rings. The average Bonchev–Trinajstić information content (AvgIpc) is 2.70. The Morgan fingerprint density at radius 2 is 1.73 bits per heavy atom. The van der Waals surface area contributed by atoms with Crippen LogP contribution in [0.5, 0.6) is 0 Å². The van der Waals surface area contributed by atoms with Gasteiger partial charge in [-0.15, -0.1) is 0 Å². The molecule has 0 fully saturated rings. The lowest BCUT2D eigenvalue weighted by atomic mass is 9.99. The van der Waals surface area contributed by atoms with E-state index >= 15 is 0 Å².